The minimum atomic E-state index is 2.00. The lowest BCUT2D eigenvalue weighted by molar-refractivity contribution is 0.323. The minimum Gasteiger partial charge on any atom is -0.411 e. The number of hydrogen-bond acceptors (Lipinski definition) is 2. The van der Waals surface area contributed by atoms with E-state index in [1.54, 1.807) is 0 Å². The van der Waals surface area contributed by atoms with Gasteiger partial charge in [-0.1, -0.05) is 13.8 Å². The summed E-state index contributed by atoms with van der Waals surface area (Å²) >= 11 is 0. The first-order valence-corrected chi connectivity index (χ1v) is 2.02. The molecule has 7 heavy (non-hydrogen) atoms. The van der Waals surface area contributed by atoms with E-state index >= 15 is 0 Å². The molecule has 0 unspecified atom stereocenters. The molecule has 0 bridgehead atoms. The molecule has 0 saturated carbocycles. The summed E-state index contributed by atoms with van der Waals surface area (Å²) in [5.74, 6) is 0. The third-order valence-corrected chi connectivity index (χ3v) is 0. The molecule has 0 amide bonds. The molecule has 2 nitrogen and oxygen atoms in total. The number of oxime groups is 1. The zero-order valence-corrected chi connectivity index (χ0v) is 5.02. The van der Waals surface area contributed by atoms with Crippen LogP contribution >= 0.6 is 0 Å². The van der Waals surface area contributed by atoms with Gasteiger partial charge in [-0.3, -0.25) is 0 Å². The van der Waals surface area contributed by atoms with Crippen LogP contribution in [0.3, 0.4) is 0 Å². The monoisotopic (exact) mass is 103 g/mol. The molecular weight excluding hydrogens is 90.1 g/mol. The fourth-order valence-electron chi connectivity index (χ4n) is 0. The van der Waals surface area contributed by atoms with Gasteiger partial charge in [0.1, 0.15) is 0 Å². The zero-order valence-electron chi connectivity index (χ0n) is 5.02. The van der Waals surface area contributed by atoms with Crippen LogP contribution in [0.15, 0.2) is 18.3 Å². The summed E-state index contributed by atoms with van der Waals surface area (Å²) in [6.07, 6.45) is 0. The average molecular weight is 103 g/mol. The lowest BCUT2D eigenvalue weighted by atomic mass is 11.0. The highest BCUT2D eigenvalue weighted by molar-refractivity contribution is 5.20. The first-order chi connectivity index (χ1) is 3.41. The maximum atomic E-state index is 7.08. The van der Waals surface area contributed by atoms with Crippen molar-refractivity contribution in [1.29, 1.82) is 0 Å². The molecule has 0 rings (SSSR count). The molecule has 0 fully saturated rings. The van der Waals surface area contributed by atoms with Crippen LogP contribution in [-0.4, -0.2) is 11.9 Å². The van der Waals surface area contributed by atoms with Crippen molar-refractivity contribution in [2.75, 3.05) is 0 Å². The molecule has 1 N–H and O–H groups in total. The summed E-state index contributed by atoms with van der Waals surface area (Å²) in [6.45, 7) is 12.7. The largest absolute Gasteiger partial charge is 0.411 e. The molecule has 2 heteroatoms. The van der Waals surface area contributed by atoms with Crippen LogP contribution in [0.4, 0.5) is 0 Å². The Bertz CT molecular complexity index is 22.0. The van der Waals surface area contributed by atoms with E-state index in [1.807, 2.05) is 13.8 Å². The molecule has 0 aromatic carbocycles. The van der Waals surface area contributed by atoms with Gasteiger partial charge in [0.15, 0.2) is 0 Å². The number of rotatable bonds is 0. The van der Waals surface area contributed by atoms with Crippen molar-refractivity contribution in [3.63, 3.8) is 0 Å². The van der Waals surface area contributed by atoms with E-state index in [1.165, 1.54) is 0 Å². The van der Waals surface area contributed by atoms with Crippen LogP contribution in [0.5, 0.6) is 0 Å². The first kappa shape index (κ1) is 16.4. The summed E-state index contributed by atoms with van der Waals surface area (Å²) in [6, 6.07) is 0. The highest BCUT2D eigenvalue weighted by Crippen LogP contribution is 1.20. The molecule has 44 valence electrons. The van der Waals surface area contributed by atoms with Gasteiger partial charge in [0, 0.05) is 6.72 Å². The second-order valence-electron chi connectivity index (χ2n) is 0.141. The van der Waals surface area contributed by atoms with E-state index in [2.05, 4.69) is 25.0 Å². The van der Waals surface area contributed by atoms with Crippen molar-refractivity contribution < 1.29 is 5.21 Å². The second kappa shape index (κ2) is 2090. The Balaban J connectivity index is -0.0000000360. The normalized spacial score (nSPS) is 3.14. The predicted octanol–water partition coefficient (Wildman–Crippen LogP) is 1.90. The van der Waals surface area contributed by atoms with Gasteiger partial charge in [-0.15, -0.1) is 18.3 Å². The van der Waals surface area contributed by atoms with Gasteiger partial charge in [0.25, 0.3) is 0 Å². The van der Waals surface area contributed by atoms with Crippen molar-refractivity contribution in [3.05, 3.63) is 13.2 Å². The Kier molecular flexibility index (Phi) is 4890. The van der Waals surface area contributed by atoms with E-state index in [9.17, 15) is 0 Å². The van der Waals surface area contributed by atoms with E-state index in [4.69, 9.17) is 5.21 Å². The standard InChI is InChI=1S/C2H6.C2H4.CH3NO/c2*1-2;1-2-3/h1-2H3;1-2H2;3H,1H2. The molecular formula is C5H13NO. The van der Waals surface area contributed by atoms with Crippen LogP contribution in [0, 0.1) is 0 Å². The maximum absolute atomic E-state index is 7.08. The van der Waals surface area contributed by atoms with Crippen molar-refractivity contribution in [3.8, 4) is 0 Å². The van der Waals surface area contributed by atoms with Gasteiger partial charge in [-0.25, -0.2) is 0 Å². The van der Waals surface area contributed by atoms with E-state index in [0.29, 0.717) is 0 Å². The third kappa shape index (κ3) is 86.0. The van der Waals surface area contributed by atoms with Gasteiger partial charge in [-0.05, 0) is 0 Å². The fraction of sp³-hybridized carbons (Fsp3) is 0.400. The van der Waals surface area contributed by atoms with Gasteiger partial charge >= 0.3 is 0 Å². The number of hydrogen-bond donors (Lipinski definition) is 1. The van der Waals surface area contributed by atoms with Crippen LogP contribution < -0.4 is 0 Å². The van der Waals surface area contributed by atoms with Crippen LogP contribution in [0.1, 0.15) is 13.8 Å². The summed E-state index contributed by atoms with van der Waals surface area (Å²) in [7, 11) is 0. The van der Waals surface area contributed by atoms with Crippen molar-refractivity contribution in [2.24, 2.45) is 5.16 Å². The van der Waals surface area contributed by atoms with E-state index in [-0.39, 0.29) is 0 Å². The maximum Gasteiger partial charge on any atom is 0.0298 e. The van der Waals surface area contributed by atoms with Crippen LogP contribution in [0.2, 0.25) is 0 Å². The van der Waals surface area contributed by atoms with Gasteiger partial charge in [0.2, 0.25) is 0 Å². The Labute approximate surface area is 45.2 Å². The Morgan fingerprint density at radius 1 is 1.29 bits per heavy atom. The highest BCUT2D eigenvalue weighted by atomic mass is 16.4. The molecule has 0 aromatic heterocycles. The van der Waals surface area contributed by atoms with Crippen LogP contribution in [0.25, 0.3) is 0 Å². The summed E-state index contributed by atoms with van der Waals surface area (Å²) in [5.41, 5.74) is 0. The zero-order chi connectivity index (χ0) is 6.71. The molecule has 0 radical (unpaired) electrons. The lowest BCUT2D eigenvalue weighted by Crippen LogP contribution is -1.30. The molecule has 0 aliphatic rings. The quantitative estimate of drug-likeness (QED) is 0.216. The van der Waals surface area contributed by atoms with Crippen molar-refractivity contribution in [1.82, 2.24) is 0 Å². The van der Waals surface area contributed by atoms with E-state index < -0.39 is 0 Å². The predicted molar refractivity (Wildman–Crippen MR) is 33.9 cm³/mol. The molecule has 0 spiro atoms. The molecule has 0 aliphatic carbocycles. The van der Waals surface area contributed by atoms with Crippen LogP contribution in [-0.2, 0) is 0 Å². The lowest BCUT2D eigenvalue weighted by Gasteiger charge is -1.43. The van der Waals surface area contributed by atoms with Gasteiger partial charge in [0.05, 0.1) is 0 Å². The Morgan fingerprint density at radius 2 is 1.29 bits per heavy atom. The number of nitrogens with zero attached hydrogens (tertiary/aromatic N) is 1. The van der Waals surface area contributed by atoms with Crippen molar-refractivity contribution >= 4 is 6.72 Å². The Hall–Kier alpha value is -0.790. The SMILES string of the molecule is C=C.C=NO.CC. The topological polar surface area (TPSA) is 32.6 Å². The first-order valence-electron chi connectivity index (χ1n) is 2.02. The molecule has 0 aliphatic heterocycles. The minimum absolute atomic E-state index is 2.00. The van der Waals surface area contributed by atoms with Gasteiger partial charge < -0.3 is 5.21 Å². The average Bonchev–Trinajstić information content (AvgIpc) is 1.78. The molecule has 0 saturated heterocycles. The highest BCUT2D eigenvalue weighted by Gasteiger charge is 1.06. The molecule has 0 heterocycles. The Morgan fingerprint density at radius 3 is 1.29 bits per heavy atom. The molecule has 0 aromatic rings. The second-order valence-corrected chi connectivity index (χ2v) is 0.141. The fourth-order valence-corrected chi connectivity index (χ4v) is 0. The van der Waals surface area contributed by atoms with Gasteiger partial charge in [-0.2, -0.15) is 0 Å². The summed E-state index contributed by atoms with van der Waals surface area (Å²) < 4.78 is 0. The summed E-state index contributed by atoms with van der Waals surface area (Å²) in [5, 5.41) is 9.33. The molecule has 0 atom stereocenters. The smallest absolute Gasteiger partial charge is 0.0298 e. The third-order valence-electron chi connectivity index (χ3n) is 0. The van der Waals surface area contributed by atoms with Crippen molar-refractivity contribution in [2.45, 2.75) is 13.8 Å². The van der Waals surface area contributed by atoms with E-state index in [0.717, 1.165) is 0 Å². The summed E-state index contributed by atoms with van der Waals surface area (Å²) in [4.78, 5) is 0.